The number of hydrogen-bond donors (Lipinski definition) is 1. The van der Waals surface area contributed by atoms with Crippen molar-refractivity contribution in [3.8, 4) is 0 Å². The molecule has 2 atom stereocenters. The Balaban J connectivity index is 1.20. The van der Waals surface area contributed by atoms with Crippen LogP contribution in [0.25, 0.3) is 0 Å². The van der Waals surface area contributed by atoms with Crippen LogP contribution >= 0.6 is 0 Å². The van der Waals surface area contributed by atoms with Gasteiger partial charge in [0, 0.05) is 38.5 Å². The fraction of sp³-hybridized carbons (Fsp3) is 0.519. The third-order valence-electron chi connectivity index (χ3n) is 7.38. The number of benzene rings is 2. The first-order chi connectivity index (χ1) is 17.9. The summed E-state index contributed by atoms with van der Waals surface area (Å²) in [5, 5.41) is 2.88. The van der Waals surface area contributed by atoms with E-state index in [1.807, 2.05) is 30.3 Å². The molecule has 200 valence electrons. The Bertz CT molecular complexity index is 1160. The second-order valence-electron chi connectivity index (χ2n) is 9.88. The van der Waals surface area contributed by atoms with E-state index < -0.39 is 10.0 Å². The van der Waals surface area contributed by atoms with Crippen molar-refractivity contribution in [1.82, 2.24) is 9.21 Å². The minimum Gasteiger partial charge on any atom is -0.379 e. The van der Waals surface area contributed by atoms with Gasteiger partial charge in [-0.2, -0.15) is 4.31 Å². The number of sulfonamides is 1. The number of hydrogen-bond acceptors (Lipinski definition) is 7. The standard InChI is InChI=1S/C27H35N3O6S/c31-26(28-23-8-4-9-24(18-23)37(32,33)30-13-16-34-17-14-30)20-29-12-11-27(10-5-15-36-27)25(19-29)35-21-22-6-2-1-3-7-22/h1-4,6-9,18,25H,5,10-17,19-21H2,(H,28,31). The molecule has 2 aromatic rings. The van der Waals surface area contributed by atoms with Crippen LogP contribution in [0, 0.1) is 0 Å². The van der Waals surface area contributed by atoms with E-state index in [9.17, 15) is 13.2 Å². The topological polar surface area (TPSA) is 97.4 Å². The molecule has 3 heterocycles. The highest BCUT2D eigenvalue weighted by Crippen LogP contribution is 2.38. The highest BCUT2D eigenvalue weighted by Gasteiger charge is 2.47. The van der Waals surface area contributed by atoms with E-state index in [0.717, 1.165) is 38.0 Å². The highest BCUT2D eigenvalue weighted by atomic mass is 32.2. The van der Waals surface area contributed by atoms with E-state index in [1.165, 1.54) is 10.4 Å². The lowest BCUT2D eigenvalue weighted by molar-refractivity contribution is -0.159. The maximum atomic E-state index is 13.0. The van der Waals surface area contributed by atoms with Crippen molar-refractivity contribution in [3.63, 3.8) is 0 Å². The lowest BCUT2D eigenvalue weighted by Crippen LogP contribution is -2.57. The molecule has 3 saturated heterocycles. The van der Waals surface area contributed by atoms with Crippen LogP contribution in [0.15, 0.2) is 59.5 Å². The molecule has 10 heteroatoms. The Hall–Kier alpha value is -2.34. The summed E-state index contributed by atoms with van der Waals surface area (Å²) in [7, 11) is -3.64. The van der Waals surface area contributed by atoms with Gasteiger partial charge >= 0.3 is 0 Å². The van der Waals surface area contributed by atoms with Gasteiger partial charge < -0.3 is 19.5 Å². The molecule has 1 spiro atoms. The smallest absolute Gasteiger partial charge is 0.243 e. The number of carbonyl (C=O) groups is 1. The molecule has 0 radical (unpaired) electrons. The summed E-state index contributed by atoms with van der Waals surface area (Å²) in [4.78, 5) is 15.2. The zero-order valence-electron chi connectivity index (χ0n) is 21.0. The Morgan fingerprint density at radius 1 is 1.03 bits per heavy atom. The fourth-order valence-corrected chi connectivity index (χ4v) is 6.82. The summed E-state index contributed by atoms with van der Waals surface area (Å²) < 4.78 is 45.2. The van der Waals surface area contributed by atoms with E-state index in [-0.39, 0.29) is 29.1 Å². The van der Waals surface area contributed by atoms with Gasteiger partial charge in [0.15, 0.2) is 0 Å². The van der Waals surface area contributed by atoms with Gasteiger partial charge in [-0.1, -0.05) is 36.4 Å². The van der Waals surface area contributed by atoms with Crippen LogP contribution in [0.2, 0.25) is 0 Å². The van der Waals surface area contributed by atoms with Gasteiger partial charge in [-0.3, -0.25) is 9.69 Å². The zero-order valence-corrected chi connectivity index (χ0v) is 21.8. The normalized spacial score (nSPS) is 25.4. The Morgan fingerprint density at radius 2 is 1.84 bits per heavy atom. The molecular weight excluding hydrogens is 494 g/mol. The number of nitrogens with one attached hydrogen (secondary N) is 1. The molecule has 0 aliphatic carbocycles. The van der Waals surface area contributed by atoms with Crippen LogP contribution < -0.4 is 5.32 Å². The molecule has 2 unspecified atom stereocenters. The van der Waals surface area contributed by atoms with E-state index >= 15 is 0 Å². The first-order valence-corrected chi connectivity index (χ1v) is 14.4. The Kier molecular flexibility index (Phi) is 8.23. The van der Waals surface area contributed by atoms with Gasteiger partial charge in [0.25, 0.3) is 0 Å². The number of piperidine rings is 1. The minimum atomic E-state index is -3.64. The van der Waals surface area contributed by atoms with Gasteiger partial charge in [0.2, 0.25) is 15.9 Å². The summed E-state index contributed by atoms with van der Waals surface area (Å²) >= 11 is 0. The Labute approximate surface area is 218 Å². The van der Waals surface area contributed by atoms with E-state index in [2.05, 4.69) is 10.2 Å². The average Bonchev–Trinajstić information content (AvgIpc) is 3.39. The summed E-state index contributed by atoms with van der Waals surface area (Å²) in [6.07, 6.45) is 2.68. The number of morpholine rings is 1. The maximum absolute atomic E-state index is 13.0. The molecule has 0 saturated carbocycles. The van der Waals surface area contributed by atoms with Crippen molar-refractivity contribution in [2.75, 3.05) is 57.9 Å². The number of nitrogens with zero attached hydrogens (tertiary/aromatic N) is 2. The van der Waals surface area contributed by atoms with Gasteiger partial charge in [-0.05, 0) is 43.0 Å². The molecule has 3 fully saturated rings. The van der Waals surface area contributed by atoms with Crippen molar-refractivity contribution < 1.29 is 27.4 Å². The third kappa shape index (κ3) is 6.22. The number of likely N-dealkylation sites (tertiary alicyclic amines) is 1. The second-order valence-corrected chi connectivity index (χ2v) is 11.8. The number of rotatable bonds is 8. The largest absolute Gasteiger partial charge is 0.379 e. The molecule has 1 amide bonds. The molecule has 9 nitrogen and oxygen atoms in total. The van der Waals surface area contributed by atoms with Crippen LogP contribution in [0.3, 0.4) is 0 Å². The number of ether oxygens (including phenoxy) is 3. The maximum Gasteiger partial charge on any atom is 0.243 e. The molecule has 2 aromatic carbocycles. The number of amides is 1. The van der Waals surface area contributed by atoms with Gasteiger partial charge in [-0.15, -0.1) is 0 Å². The summed E-state index contributed by atoms with van der Waals surface area (Å²) in [5.41, 5.74) is 1.28. The quantitative estimate of drug-likeness (QED) is 0.561. The van der Waals surface area contributed by atoms with Crippen molar-refractivity contribution in [2.24, 2.45) is 0 Å². The molecule has 1 N–H and O–H groups in total. The molecule has 5 rings (SSSR count). The lowest BCUT2D eigenvalue weighted by Gasteiger charge is -2.44. The predicted molar refractivity (Wildman–Crippen MR) is 139 cm³/mol. The highest BCUT2D eigenvalue weighted by molar-refractivity contribution is 7.89. The average molecular weight is 530 g/mol. The van der Waals surface area contributed by atoms with Crippen molar-refractivity contribution in [1.29, 1.82) is 0 Å². The van der Waals surface area contributed by atoms with Crippen LogP contribution in [0.1, 0.15) is 24.8 Å². The van der Waals surface area contributed by atoms with Crippen LogP contribution in [0.4, 0.5) is 5.69 Å². The van der Waals surface area contributed by atoms with Gasteiger partial charge in [-0.25, -0.2) is 8.42 Å². The minimum absolute atomic E-state index is 0.126. The predicted octanol–water partition coefficient (Wildman–Crippen LogP) is 2.49. The van der Waals surface area contributed by atoms with E-state index in [1.54, 1.807) is 18.2 Å². The first-order valence-electron chi connectivity index (χ1n) is 12.9. The zero-order chi connectivity index (χ0) is 25.7. The number of anilines is 1. The SMILES string of the molecule is O=C(CN1CCC2(CCCO2)C(OCc2ccccc2)C1)Nc1cccc(S(=O)(=O)N2CCOCC2)c1. The molecule has 0 bridgehead atoms. The summed E-state index contributed by atoms with van der Waals surface area (Å²) in [6.45, 7) is 4.20. The number of carbonyl (C=O) groups excluding carboxylic acids is 1. The fourth-order valence-electron chi connectivity index (χ4n) is 5.36. The van der Waals surface area contributed by atoms with Crippen molar-refractivity contribution >= 4 is 21.6 Å². The molecule has 37 heavy (non-hydrogen) atoms. The van der Waals surface area contributed by atoms with Gasteiger partial charge in [0.05, 0.1) is 43.0 Å². The van der Waals surface area contributed by atoms with Crippen molar-refractivity contribution in [3.05, 3.63) is 60.2 Å². The third-order valence-corrected chi connectivity index (χ3v) is 9.28. The van der Waals surface area contributed by atoms with Crippen LogP contribution in [-0.4, -0.2) is 87.8 Å². The van der Waals surface area contributed by atoms with Crippen molar-refractivity contribution in [2.45, 2.75) is 42.5 Å². The van der Waals surface area contributed by atoms with Crippen LogP contribution in [-0.2, 0) is 35.6 Å². The van der Waals surface area contributed by atoms with E-state index in [4.69, 9.17) is 14.2 Å². The van der Waals surface area contributed by atoms with Gasteiger partial charge in [0.1, 0.15) is 0 Å². The second kappa shape index (κ2) is 11.6. The summed E-state index contributed by atoms with van der Waals surface area (Å²) in [5.74, 6) is -0.189. The lowest BCUT2D eigenvalue weighted by atomic mass is 9.85. The van der Waals surface area contributed by atoms with E-state index in [0.29, 0.717) is 45.1 Å². The summed E-state index contributed by atoms with van der Waals surface area (Å²) in [6, 6.07) is 16.5. The monoisotopic (exact) mass is 529 g/mol. The first kappa shape index (κ1) is 26.3. The molecule has 3 aliphatic rings. The molecular formula is C27H35N3O6S. The molecule has 3 aliphatic heterocycles. The molecule has 0 aromatic heterocycles. The van der Waals surface area contributed by atoms with Crippen LogP contribution in [0.5, 0.6) is 0 Å². The Morgan fingerprint density at radius 3 is 2.59 bits per heavy atom.